The van der Waals surface area contributed by atoms with Crippen LogP contribution < -0.4 is 20.9 Å². The topological polar surface area (TPSA) is 142 Å². The first-order valence-electron chi connectivity index (χ1n) is 13.3. The van der Waals surface area contributed by atoms with Crippen molar-refractivity contribution in [3.05, 3.63) is 71.9 Å². The normalized spacial score (nSPS) is 13.0. The molecule has 3 aromatic rings. The lowest BCUT2D eigenvalue weighted by Gasteiger charge is -2.25. The van der Waals surface area contributed by atoms with Crippen molar-refractivity contribution < 1.29 is 29.1 Å². The number of aromatic amines is 1. The maximum Gasteiger partial charge on any atom is 0.408 e. The molecule has 0 unspecified atom stereocenters. The number of hydrogen-bond acceptors (Lipinski definition) is 7. The van der Waals surface area contributed by atoms with Crippen molar-refractivity contribution in [1.29, 1.82) is 0 Å². The highest BCUT2D eigenvalue weighted by atomic mass is 32.2. The van der Waals surface area contributed by atoms with E-state index in [0.29, 0.717) is 24.3 Å². The number of amides is 3. The Balaban J connectivity index is 1.75. The monoisotopic (exact) mass is 582 g/mol. The fourth-order valence-electron chi connectivity index (χ4n) is 4.05. The molecule has 11 heteroatoms. The summed E-state index contributed by atoms with van der Waals surface area (Å²) in [4.78, 5) is 40.4. The molecule has 220 valence electrons. The van der Waals surface area contributed by atoms with Gasteiger partial charge in [-0.1, -0.05) is 30.3 Å². The van der Waals surface area contributed by atoms with E-state index in [0.717, 1.165) is 22.0 Å². The third kappa shape index (κ3) is 10.5. The smallest absolute Gasteiger partial charge is 0.408 e. The van der Waals surface area contributed by atoms with Crippen LogP contribution in [0, 0.1) is 0 Å². The summed E-state index contributed by atoms with van der Waals surface area (Å²) in [6.45, 7) is 5.49. The largest absolute Gasteiger partial charge is 0.491 e. The van der Waals surface area contributed by atoms with Gasteiger partial charge in [-0.05, 0) is 81.0 Å². The maximum absolute atomic E-state index is 13.4. The van der Waals surface area contributed by atoms with Crippen molar-refractivity contribution in [2.24, 2.45) is 0 Å². The van der Waals surface area contributed by atoms with Crippen LogP contribution in [-0.4, -0.2) is 64.4 Å². The number of carbonyl (C=O) groups is 3. The number of H-pyrrole nitrogens is 1. The number of alkyl carbamates (subject to hydrolysis) is 1. The number of benzene rings is 2. The Morgan fingerprint density at radius 3 is 2.49 bits per heavy atom. The van der Waals surface area contributed by atoms with Gasteiger partial charge in [0.2, 0.25) is 5.91 Å². The summed E-state index contributed by atoms with van der Waals surface area (Å²) >= 11 is 1.59. The number of thioether (sulfide) groups is 1. The summed E-state index contributed by atoms with van der Waals surface area (Å²) in [7, 11) is 0. The predicted molar refractivity (Wildman–Crippen MR) is 161 cm³/mol. The zero-order chi connectivity index (χ0) is 29.8. The van der Waals surface area contributed by atoms with Crippen LogP contribution in [0.3, 0.4) is 0 Å². The van der Waals surface area contributed by atoms with Crippen LogP contribution in [0.5, 0.6) is 5.75 Å². The van der Waals surface area contributed by atoms with Gasteiger partial charge in [-0.3, -0.25) is 14.8 Å². The van der Waals surface area contributed by atoms with Crippen LogP contribution in [0.1, 0.15) is 38.3 Å². The molecule has 0 spiro atoms. The van der Waals surface area contributed by atoms with Gasteiger partial charge in [-0.2, -0.15) is 11.8 Å². The Bertz CT molecular complexity index is 1330. The molecule has 0 radical (unpaired) electrons. The van der Waals surface area contributed by atoms with Crippen molar-refractivity contribution in [2.75, 3.05) is 18.6 Å². The van der Waals surface area contributed by atoms with Crippen LogP contribution in [0.15, 0.2) is 60.8 Å². The summed E-state index contributed by atoms with van der Waals surface area (Å²) in [5.74, 6) is 0.315. The molecule has 1 aromatic heterocycles. The second kappa shape index (κ2) is 15.2. The number of ether oxygens (including phenoxy) is 2. The number of carbonyl (C=O) groups excluding carboxylic acids is 3. The highest BCUT2D eigenvalue weighted by Crippen LogP contribution is 2.20. The SMILES string of the molecule is CSCC[C@H](NC(=O)OC(C)(C)C)C(=O)N[C@H](COc1ccc(/C=C/C(=O)NO)cc1)Cc1c[nH]c2ccccc12. The Hall–Kier alpha value is -3.96. The van der Waals surface area contributed by atoms with Crippen LogP contribution in [0.4, 0.5) is 4.79 Å². The van der Waals surface area contributed by atoms with Gasteiger partial charge in [0.1, 0.15) is 24.0 Å². The molecular formula is C30H38N4O6S. The molecule has 10 nitrogen and oxygen atoms in total. The van der Waals surface area contributed by atoms with Crippen LogP contribution in [0.2, 0.25) is 0 Å². The van der Waals surface area contributed by atoms with E-state index in [9.17, 15) is 14.4 Å². The van der Waals surface area contributed by atoms with E-state index in [1.54, 1.807) is 68.4 Å². The Kier molecular flexibility index (Phi) is 11.7. The van der Waals surface area contributed by atoms with Gasteiger partial charge in [0.15, 0.2) is 0 Å². The second-order valence-electron chi connectivity index (χ2n) is 10.4. The summed E-state index contributed by atoms with van der Waals surface area (Å²) < 4.78 is 11.4. The Morgan fingerprint density at radius 1 is 1.07 bits per heavy atom. The van der Waals surface area contributed by atoms with Crippen LogP contribution in [-0.2, 0) is 20.7 Å². The maximum atomic E-state index is 13.4. The molecule has 3 rings (SSSR count). The summed E-state index contributed by atoms with van der Waals surface area (Å²) in [5.41, 5.74) is 3.62. The summed E-state index contributed by atoms with van der Waals surface area (Å²) in [5, 5.41) is 15.5. The number of para-hydroxylation sites is 1. The van der Waals surface area contributed by atoms with E-state index in [1.165, 1.54) is 6.08 Å². The first kappa shape index (κ1) is 31.6. The average Bonchev–Trinajstić information content (AvgIpc) is 3.34. The quantitative estimate of drug-likeness (QED) is 0.114. The van der Waals surface area contributed by atoms with Crippen LogP contribution in [0.25, 0.3) is 17.0 Å². The molecule has 0 aliphatic rings. The third-order valence-electron chi connectivity index (χ3n) is 5.97. The lowest BCUT2D eigenvalue weighted by molar-refractivity contribution is -0.124. The fraction of sp³-hybridized carbons (Fsp3) is 0.367. The zero-order valence-electron chi connectivity index (χ0n) is 23.7. The molecular weight excluding hydrogens is 544 g/mol. The number of fused-ring (bicyclic) bond motifs is 1. The van der Waals surface area contributed by atoms with Gasteiger partial charge >= 0.3 is 6.09 Å². The lowest BCUT2D eigenvalue weighted by Crippen LogP contribution is -2.52. The molecule has 41 heavy (non-hydrogen) atoms. The van der Waals surface area contributed by atoms with Gasteiger partial charge in [-0.15, -0.1) is 0 Å². The molecule has 1 heterocycles. The van der Waals surface area contributed by atoms with Crippen molar-refractivity contribution >= 4 is 46.6 Å². The van der Waals surface area contributed by atoms with E-state index in [2.05, 4.69) is 15.6 Å². The van der Waals surface area contributed by atoms with Crippen molar-refractivity contribution in [3.8, 4) is 5.75 Å². The molecule has 0 fully saturated rings. The van der Waals surface area contributed by atoms with Crippen LogP contribution >= 0.6 is 11.8 Å². The number of aromatic nitrogens is 1. The number of rotatable bonds is 13. The zero-order valence-corrected chi connectivity index (χ0v) is 24.5. The number of hydrogen-bond donors (Lipinski definition) is 5. The molecule has 2 atom stereocenters. The Labute approximate surface area is 244 Å². The first-order chi connectivity index (χ1) is 19.6. The molecule has 3 amide bonds. The molecule has 0 saturated heterocycles. The molecule has 0 aliphatic heterocycles. The van der Waals surface area contributed by atoms with E-state index in [1.807, 2.05) is 36.7 Å². The average molecular weight is 583 g/mol. The minimum atomic E-state index is -0.773. The lowest BCUT2D eigenvalue weighted by atomic mass is 10.0. The summed E-state index contributed by atoms with van der Waals surface area (Å²) in [6, 6.07) is 13.8. The van der Waals surface area contributed by atoms with Gasteiger partial charge in [-0.25, -0.2) is 10.3 Å². The fourth-order valence-corrected chi connectivity index (χ4v) is 4.53. The molecule has 0 bridgehead atoms. The number of nitrogens with one attached hydrogen (secondary N) is 4. The minimum absolute atomic E-state index is 0.176. The van der Waals surface area contributed by atoms with E-state index >= 15 is 0 Å². The highest BCUT2D eigenvalue weighted by molar-refractivity contribution is 7.98. The third-order valence-corrected chi connectivity index (χ3v) is 6.62. The Morgan fingerprint density at radius 2 is 1.80 bits per heavy atom. The number of hydroxylamine groups is 1. The molecule has 5 N–H and O–H groups in total. The van der Waals surface area contributed by atoms with Gasteiger partial charge in [0.05, 0.1) is 6.04 Å². The standard InChI is InChI=1S/C30H38N4O6S/c1-30(2,3)40-29(37)33-26(15-16-41-4)28(36)32-22(17-21-18-31-25-8-6-5-7-24(21)25)19-39-23-12-9-20(10-13-23)11-14-27(35)34-38/h5-14,18,22,26,31,38H,15-17,19H2,1-4H3,(H,32,36)(H,33,37)(H,34,35)/b14-11+/t22-,26-/m0/s1. The molecule has 0 aliphatic carbocycles. The molecule has 0 saturated carbocycles. The minimum Gasteiger partial charge on any atom is -0.491 e. The van der Waals surface area contributed by atoms with Crippen molar-refractivity contribution in [2.45, 2.75) is 51.3 Å². The van der Waals surface area contributed by atoms with E-state index < -0.39 is 29.7 Å². The van der Waals surface area contributed by atoms with Gasteiger partial charge in [0.25, 0.3) is 5.91 Å². The first-order valence-corrected chi connectivity index (χ1v) is 14.7. The highest BCUT2D eigenvalue weighted by Gasteiger charge is 2.26. The van der Waals surface area contributed by atoms with E-state index in [4.69, 9.17) is 14.7 Å². The second-order valence-corrected chi connectivity index (χ2v) is 11.4. The molecule has 2 aromatic carbocycles. The van der Waals surface area contributed by atoms with Crippen molar-refractivity contribution in [1.82, 2.24) is 21.1 Å². The van der Waals surface area contributed by atoms with Gasteiger partial charge < -0.3 is 25.1 Å². The van der Waals surface area contributed by atoms with Gasteiger partial charge in [0, 0.05) is 23.2 Å². The van der Waals surface area contributed by atoms with E-state index in [-0.39, 0.29) is 12.5 Å². The summed E-state index contributed by atoms with van der Waals surface area (Å²) in [6.07, 6.45) is 6.93. The van der Waals surface area contributed by atoms with Crippen molar-refractivity contribution in [3.63, 3.8) is 0 Å². The predicted octanol–water partition coefficient (Wildman–Crippen LogP) is 4.44.